The van der Waals surface area contributed by atoms with E-state index in [-0.39, 0.29) is 23.8 Å². The van der Waals surface area contributed by atoms with Gasteiger partial charge in [-0.1, -0.05) is 23.7 Å². The minimum Gasteiger partial charge on any atom is -0.436 e. The van der Waals surface area contributed by atoms with Gasteiger partial charge < -0.3 is 10.1 Å². The maximum Gasteiger partial charge on any atom is 0.351 e. The zero-order valence-electron chi connectivity index (χ0n) is 15.7. The highest BCUT2D eigenvalue weighted by atomic mass is 35.5. The Kier molecular flexibility index (Phi) is 5.20. The summed E-state index contributed by atoms with van der Waals surface area (Å²) in [5, 5.41) is 7.33. The molecule has 4 rings (SSSR count). The van der Waals surface area contributed by atoms with Gasteiger partial charge in [-0.25, -0.2) is 23.3 Å². The Balaban J connectivity index is 1.59. The average molecular weight is 428 g/mol. The molecular formula is C20H15ClFN5O3. The fraction of sp³-hybridized carbons (Fsp3) is 0.100. The quantitative estimate of drug-likeness (QED) is 0.527. The van der Waals surface area contributed by atoms with Gasteiger partial charge in [0, 0.05) is 29.2 Å². The zero-order valence-corrected chi connectivity index (χ0v) is 16.4. The summed E-state index contributed by atoms with van der Waals surface area (Å²) in [6.07, 6.45) is 2.75. The molecule has 30 heavy (non-hydrogen) atoms. The van der Waals surface area contributed by atoms with Gasteiger partial charge in [-0.3, -0.25) is 4.79 Å². The second kappa shape index (κ2) is 7.96. The van der Waals surface area contributed by atoms with Crippen LogP contribution in [0, 0.1) is 12.7 Å². The molecule has 0 saturated carbocycles. The molecule has 2 heterocycles. The summed E-state index contributed by atoms with van der Waals surface area (Å²) in [7, 11) is 0. The third kappa shape index (κ3) is 4.01. The lowest BCUT2D eigenvalue weighted by molar-refractivity contribution is -0.117. The first-order valence-electron chi connectivity index (χ1n) is 8.84. The first kappa shape index (κ1) is 19.6. The van der Waals surface area contributed by atoms with Gasteiger partial charge in [-0.05, 0) is 36.8 Å². The van der Waals surface area contributed by atoms with Crippen LogP contribution in [0.3, 0.4) is 0 Å². The fourth-order valence-corrected chi connectivity index (χ4v) is 2.93. The Hall–Kier alpha value is -3.72. The standard InChI is InChI=1S/C20H15ClFN5O3/c1-12-5-6-14(10-16(12)21)24-17(28)11-27-20(29)26-8-7-23-19(18(26)25-27)30-15-4-2-3-13(22)9-15/h2-10H,11H2,1H3,(H,24,28). The van der Waals surface area contributed by atoms with Gasteiger partial charge in [0.1, 0.15) is 18.1 Å². The molecule has 4 aromatic rings. The largest absolute Gasteiger partial charge is 0.436 e. The molecule has 0 bridgehead atoms. The topological polar surface area (TPSA) is 90.5 Å². The molecule has 0 atom stereocenters. The van der Waals surface area contributed by atoms with E-state index < -0.39 is 17.4 Å². The number of aromatic nitrogens is 4. The highest BCUT2D eigenvalue weighted by molar-refractivity contribution is 6.31. The van der Waals surface area contributed by atoms with Gasteiger partial charge in [0.15, 0.2) is 0 Å². The minimum absolute atomic E-state index is 0.00433. The number of carbonyl (C=O) groups excluding carboxylic acids is 1. The molecule has 1 N–H and O–H groups in total. The van der Waals surface area contributed by atoms with Crippen molar-refractivity contribution in [1.82, 2.24) is 19.2 Å². The second-order valence-corrected chi connectivity index (χ2v) is 6.85. The summed E-state index contributed by atoms with van der Waals surface area (Å²) in [6, 6.07) is 10.6. The van der Waals surface area contributed by atoms with Crippen molar-refractivity contribution in [3.63, 3.8) is 0 Å². The van der Waals surface area contributed by atoms with Gasteiger partial charge >= 0.3 is 5.69 Å². The van der Waals surface area contributed by atoms with Crippen LogP contribution in [0.1, 0.15) is 5.56 Å². The number of ether oxygens (including phenoxy) is 1. The summed E-state index contributed by atoms with van der Waals surface area (Å²) in [6.45, 7) is 1.52. The van der Waals surface area contributed by atoms with Crippen LogP contribution in [-0.2, 0) is 11.3 Å². The van der Waals surface area contributed by atoms with E-state index in [4.69, 9.17) is 16.3 Å². The molecular weight excluding hydrogens is 413 g/mol. The smallest absolute Gasteiger partial charge is 0.351 e. The molecule has 152 valence electrons. The summed E-state index contributed by atoms with van der Waals surface area (Å²) < 4.78 is 21.1. The maximum atomic E-state index is 13.4. The zero-order chi connectivity index (χ0) is 21.3. The number of hydrogen-bond donors (Lipinski definition) is 1. The highest BCUT2D eigenvalue weighted by Gasteiger charge is 2.16. The predicted molar refractivity (Wildman–Crippen MR) is 109 cm³/mol. The lowest BCUT2D eigenvalue weighted by Gasteiger charge is -2.06. The average Bonchev–Trinajstić information content (AvgIpc) is 3.01. The molecule has 0 unspecified atom stereocenters. The fourth-order valence-electron chi connectivity index (χ4n) is 2.75. The number of hydrogen-bond acceptors (Lipinski definition) is 5. The molecule has 0 aliphatic rings. The normalized spacial score (nSPS) is 10.9. The van der Waals surface area contributed by atoms with Crippen molar-refractivity contribution in [1.29, 1.82) is 0 Å². The molecule has 2 aromatic carbocycles. The summed E-state index contributed by atoms with van der Waals surface area (Å²) in [5.41, 5.74) is 0.931. The molecule has 0 spiro atoms. The van der Waals surface area contributed by atoms with Crippen molar-refractivity contribution in [2.75, 3.05) is 5.32 Å². The number of anilines is 1. The van der Waals surface area contributed by atoms with Gasteiger partial charge in [0.05, 0.1) is 0 Å². The third-order valence-electron chi connectivity index (χ3n) is 4.23. The van der Waals surface area contributed by atoms with Gasteiger partial charge in [-0.15, -0.1) is 5.10 Å². The lowest BCUT2D eigenvalue weighted by Crippen LogP contribution is -2.28. The number of halogens is 2. The summed E-state index contributed by atoms with van der Waals surface area (Å²) in [5.74, 6) is -0.729. The van der Waals surface area contributed by atoms with E-state index >= 15 is 0 Å². The monoisotopic (exact) mass is 427 g/mol. The first-order chi connectivity index (χ1) is 14.4. The molecule has 0 aliphatic carbocycles. The SMILES string of the molecule is Cc1ccc(NC(=O)Cn2nc3c(Oc4cccc(F)c4)nccn3c2=O)cc1Cl. The maximum absolute atomic E-state index is 13.4. The molecule has 8 nitrogen and oxygen atoms in total. The van der Waals surface area contributed by atoms with Crippen molar-refractivity contribution in [2.45, 2.75) is 13.5 Å². The highest BCUT2D eigenvalue weighted by Crippen LogP contribution is 2.23. The van der Waals surface area contributed by atoms with Crippen LogP contribution in [-0.4, -0.2) is 25.1 Å². The summed E-state index contributed by atoms with van der Waals surface area (Å²) in [4.78, 5) is 29.0. The van der Waals surface area contributed by atoms with E-state index in [2.05, 4.69) is 15.4 Å². The molecule has 1 amide bonds. The molecule has 0 aliphatic heterocycles. The van der Waals surface area contributed by atoms with Crippen molar-refractivity contribution >= 4 is 28.8 Å². The summed E-state index contributed by atoms with van der Waals surface area (Å²) >= 11 is 6.06. The van der Waals surface area contributed by atoms with Crippen LogP contribution in [0.2, 0.25) is 5.02 Å². The van der Waals surface area contributed by atoms with E-state index in [0.717, 1.165) is 10.2 Å². The number of nitrogens with one attached hydrogen (secondary N) is 1. The van der Waals surface area contributed by atoms with Gasteiger partial charge in [-0.2, -0.15) is 0 Å². The molecule has 0 radical (unpaired) electrons. The third-order valence-corrected chi connectivity index (χ3v) is 4.64. The molecule has 0 fully saturated rings. The van der Waals surface area contributed by atoms with Crippen LogP contribution in [0.25, 0.3) is 5.65 Å². The van der Waals surface area contributed by atoms with Crippen molar-refractivity contribution in [3.8, 4) is 11.6 Å². The number of benzene rings is 2. The van der Waals surface area contributed by atoms with Crippen LogP contribution in [0.15, 0.2) is 59.7 Å². The number of amides is 1. The van der Waals surface area contributed by atoms with Crippen LogP contribution < -0.4 is 15.7 Å². The van der Waals surface area contributed by atoms with E-state index in [1.54, 1.807) is 24.3 Å². The van der Waals surface area contributed by atoms with Crippen molar-refractivity contribution < 1.29 is 13.9 Å². The second-order valence-electron chi connectivity index (χ2n) is 6.44. The first-order valence-corrected chi connectivity index (χ1v) is 9.22. The minimum atomic E-state index is -0.548. The number of aryl methyl sites for hydroxylation is 1. The van der Waals surface area contributed by atoms with Crippen LogP contribution in [0.5, 0.6) is 11.6 Å². The van der Waals surface area contributed by atoms with Crippen LogP contribution in [0.4, 0.5) is 10.1 Å². The predicted octanol–water partition coefficient (Wildman–Crippen LogP) is 3.42. The Morgan fingerprint density at radius 2 is 2.10 bits per heavy atom. The van der Waals surface area contributed by atoms with Crippen molar-refractivity contribution in [3.05, 3.63) is 81.7 Å². The van der Waals surface area contributed by atoms with E-state index in [1.165, 1.54) is 35.0 Å². The Morgan fingerprint density at radius 3 is 2.87 bits per heavy atom. The van der Waals surface area contributed by atoms with E-state index in [9.17, 15) is 14.0 Å². The Labute approximate surface area is 174 Å². The number of fused-ring (bicyclic) bond motifs is 1. The number of rotatable bonds is 5. The lowest BCUT2D eigenvalue weighted by atomic mass is 10.2. The molecule has 2 aromatic heterocycles. The number of carbonyl (C=O) groups is 1. The molecule has 10 heteroatoms. The Morgan fingerprint density at radius 1 is 1.27 bits per heavy atom. The van der Waals surface area contributed by atoms with Gasteiger partial charge in [0.25, 0.3) is 5.88 Å². The number of nitrogens with zero attached hydrogens (tertiary/aromatic N) is 4. The van der Waals surface area contributed by atoms with Gasteiger partial charge in [0.2, 0.25) is 11.6 Å². The molecule has 0 saturated heterocycles. The van der Waals surface area contributed by atoms with E-state index in [1.807, 2.05) is 6.92 Å². The van der Waals surface area contributed by atoms with Crippen LogP contribution >= 0.6 is 11.6 Å². The van der Waals surface area contributed by atoms with E-state index in [0.29, 0.717) is 10.7 Å². The Bertz CT molecular complexity index is 1320. The van der Waals surface area contributed by atoms with Crippen molar-refractivity contribution in [2.24, 2.45) is 0 Å².